The third-order valence-corrected chi connectivity index (χ3v) is 2.97. The molecule has 0 spiro atoms. The average molecular weight is 214 g/mol. The lowest BCUT2D eigenvalue weighted by Gasteiger charge is -2.29. The molecular formula is C10H18N2O3. The molecule has 0 aliphatic carbocycles. The zero-order valence-corrected chi connectivity index (χ0v) is 8.85. The Morgan fingerprint density at radius 1 is 1.33 bits per heavy atom. The summed E-state index contributed by atoms with van der Waals surface area (Å²) >= 11 is 0. The smallest absolute Gasteiger partial charge is 0.251 e. The van der Waals surface area contributed by atoms with E-state index in [1.165, 1.54) is 0 Å². The predicted molar refractivity (Wildman–Crippen MR) is 54.3 cm³/mol. The van der Waals surface area contributed by atoms with Crippen LogP contribution >= 0.6 is 0 Å². The molecular weight excluding hydrogens is 196 g/mol. The van der Waals surface area contributed by atoms with Crippen molar-refractivity contribution < 1.29 is 14.3 Å². The van der Waals surface area contributed by atoms with Crippen molar-refractivity contribution in [2.75, 3.05) is 32.8 Å². The van der Waals surface area contributed by atoms with E-state index in [9.17, 15) is 4.79 Å². The summed E-state index contributed by atoms with van der Waals surface area (Å²) in [6, 6.07) is 0. The van der Waals surface area contributed by atoms with Crippen LogP contribution in [0.2, 0.25) is 0 Å². The first-order chi connectivity index (χ1) is 7.31. The molecule has 2 unspecified atom stereocenters. The van der Waals surface area contributed by atoms with Gasteiger partial charge in [0.1, 0.15) is 6.10 Å². The van der Waals surface area contributed by atoms with E-state index in [-0.39, 0.29) is 18.1 Å². The number of amides is 1. The Morgan fingerprint density at radius 3 is 2.67 bits per heavy atom. The first-order valence-corrected chi connectivity index (χ1v) is 5.53. The van der Waals surface area contributed by atoms with E-state index in [4.69, 9.17) is 15.2 Å². The van der Waals surface area contributed by atoms with Gasteiger partial charge in [0.15, 0.2) is 0 Å². The van der Waals surface area contributed by atoms with Crippen LogP contribution in [0.1, 0.15) is 12.8 Å². The van der Waals surface area contributed by atoms with Gasteiger partial charge in [-0.15, -0.1) is 0 Å². The summed E-state index contributed by atoms with van der Waals surface area (Å²) in [5, 5.41) is 0. The van der Waals surface area contributed by atoms with Crippen LogP contribution in [0.3, 0.4) is 0 Å². The third kappa shape index (κ3) is 2.48. The van der Waals surface area contributed by atoms with Crippen molar-refractivity contribution in [1.82, 2.24) is 4.90 Å². The van der Waals surface area contributed by atoms with E-state index in [0.29, 0.717) is 32.8 Å². The third-order valence-electron chi connectivity index (χ3n) is 2.97. The molecule has 0 bridgehead atoms. The molecule has 0 aromatic rings. The van der Waals surface area contributed by atoms with Gasteiger partial charge in [-0.3, -0.25) is 4.79 Å². The molecule has 5 nitrogen and oxygen atoms in total. The monoisotopic (exact) mass is 214 g/mol. The molecule has 2 aliphatic rings. The fourth-order valence-electron chi connectivity index (χ4n) is 2.05. The molecule has 0 radical (unpaired) electrons. The van der Waals surface area contributed by atoms with Crippen LogP contribution in [0.4, 0.5) is 0 Å². The summed E-state index contributed by atoms with van der Waals surface area (Å²) in [5.74, 6) is 0.106. The molecule has 0 aromatic heterocycles. The molecule has 0 saturated carbocycles. The molecule has 2 saturated heterocycles. The van der Waals surface area contributed by atoms with Crippen molar-refractivity contribution >= 4 is 5.91 Å². The number of hydrogen-bond donors (Lipinski definition) is 1. The van der Waals surface area contributed by atoms with Gasteiger partial charge in [-0.25, -0.2) is 0 Å². The van der Waals surface area contributed by atoms with Gasteiger partial charge in [0.2, 0.25) is 0 Å². The van der Waals surface area contributed by atoms with Gasteiger partial charge in [0.25, 0.3) is 5.91 Å². The molecule has 2 aliphatic heterocycles. The second-order valence-corrected chi connectivity index (χ2v) is 4.00. The Balaban J connectivity index is 1.85. The molecule has 1 amide bonds. The van der Waals surface area contributed by atoms with Crippen LogP contribution in [0.5, 0.6) is 0 Å². The van der Waals surface area contributed by atoms with Crippen LogP contribution in [0.15, 0.2) is 0 Å². The number of nitrogens with zero attached hydrogens (tertiary/aromatic N) is 1. The molecule has 2 rings (SSSR count). The van der Waals surface area contributed by atoms with E-state index in [1.807, 2.05) is 4.90 Å². The summed E-state index contributed by atoms with van der Waals surface area (Å²) in [4.78, 5) is 13.8. The minimum atomic E-state index is -0.267. The standard InChI is InChI=1S/C10H18N2O3/c11-7-8-1-2-9(15-8)10(13)12-3-5-14-6-4-12/h8-9H,1-7,11H2. The van der Waals surface area contributed by atoms with Crippen LogP contribution in [-0.2, 0) is 14.3 Å². The fraction of sp³-hybridized carbons (Fsp3) is 0.900. The summed E-state index contributed by atoms with van der Waals surface area (Å²) in [7, 11) is 0. The normalized spacial score (nSPS) is 31.9. The van der Waals surface area contributed by atoms with Gasteiger partial charge in [0.05, 0.1) is 19.3 Å². The zero-order valence-electron chi connectivity index (χ0n) is 8.85. The number of nitrogens with two attached hydrogens (primary N) is 1. The molecule has 86 valence electrons. The lowest BCUT2D eigenvalue weighted by atomic mass is 10.2. The number of ether oxygens (including phenoxy) is 2. The highest BCUT2D eigenvalue weighted by Crippen LogP contribution is 2.20. The minimum Gasteiger partial charge on any atom is -0.378 e. The van der Waals surface area contributed by atoms with Crippen molar-refractivity contribution in [3.05, 3.63) is 0 Å². The molecule has 2 fully saturated rings. The Bertz CT molecular complexity index is 229. The maximum absolute atomic E-state index is 12.0. The Labute approximate surface area is 89.5 Å². The number of carbonyl (C=O) groups excluding carboxylic acids is 1. The van der Waals surface area contributed by atoms with Crippen molar-refractivity contribution in [3.8, 4) is 0 Å². The second-order valence-electron chi connectivity index (χ2n) is 4.00. The summed E-state index contributed by atoms with van der Waals surface area (Å²) in [5.41, 5.74) is 5.50. The SMILES string of the molecule is NCC1CCC(C(=O)N2CCOCC2)O1. The number of hydrogen-bond acceptors (Lipinski definition) is 4. The van der Waals surface area contributed by atoms with Gasteiger partial charge in [-0.05, 0) is 12.8 Å². The van der Waals surface area contributed by atoms with Gasteiger partial charge in [-0.2, -0.15) is 0 Å². The number of morpholine rings is 1. The Hall–Kier alpha value is -0.650. The molecule has 2 heterocycles. The summed E-state index contributed by atoms with van der Waals surface area (Å²) in [6.07, 6.45) is 1.51. The number of rotatable bonds is 2. The van der Waals surface area contributed by atoms with Gasteiger partial charge in [-0.1, -0.05) is 0 Å². The molecule has 0 aromatic carbocycles. The second kappa shape index (κ2) is 4.92. The van der Waals surface area contributed by atoms with Crippen molar-refractivity contribution in [2.24, 2.45) is 5.73 Å². The highest BCUT2D eigenvalue weighted by Gasteiger charge is 2.33. The Kier molecular flexibility index (Phi) is 3.56. The van der Waals surface area contributed by atoms with E-state index in [1.54, 1.807) is 0 Å². The molecule has 2 N–H and O–H groups in total. The lowest BCUT2D eigenvalue weighted by Crippen LogP contribution is -2.45. The first kappa shape index (κ1) is 10.9. The first-order valence-electron chi connectivity index (χ1n) is 5.53. The van der Waals surface area contributed by atoms with Crippen LogP contribution in [-0.4, -0.2) is 55.9 Å². The minimum absolute atomic E-state index is 0.0694. The highest BCUT2D eigenvalue weighted by molar-refractivity contribution is 5.81. The van der Waals surface area contributed by atoms with Crippen molar-refractivity contribution in [2.45, 2.75) is 25.0 Å². The average Bonchev–Trinajstić information content (AvgIpc) is 2.78. The van der Waals surface area contributed by atoms with E-state index < -0.39 is 0 Å². The zero-order chi connectivity index (χ0) is 10.7. The summed E-state index contributed by atoms with van der Waals surface area (Å²) in [6.45, 7) is 3.16. The molecule has 5 heteroatoms. The molecule has 15 heavy (non-hydrogen) atoms. The maximum Gasteiger partial charge on any atom is 0.251 e. The van der Waals surface area contributed by atoms with Crippen LogP contribution < -0.4 is 5.73 Å². The largest absolute Gasteiger partial charge is 0.378 e. The fourth-order valence-corrected chi connectivity index (χ4v) is 2.05. The van der Waals surface area contributed by atoms with Crippen LogP contribution in [0.25, 0.3) is 0 Å². The van der Waals surface area contributed by atoms with Crippen molar-refractivity contribution in [1.29, 1.82) is 0 Å². The maximum atomic E-state index is 12.0. The number of carbonyl (C=O) groups is 1. The molecule has 2 atom stereocenters. The van der Waals surface area contributed by atoms with E-state index in [2.05, 4.69) is 0 Å². The lowest BCUT2D eigenvalue weighted by molar-refractivity contribution is -0.146. The highest BCUT2D eigenvalue weighted by atomic mass is 16.5. The Morgan fingerprint density at radius 2 is 2.07 bits per heavy atom. The van der Waals surface area contributed by atoms with E-state index >= 15 is 0 Å². The van der Waals surface area contributed by atoms with Crippen molar-refractivity contribution in [3.63, 3.8) is 0 Å². The van der Waals surface area contributed by atoms with Gasteiger partial charge < -0.3 is 20.1 Å². The van der Waals surface area contributed by atoms with Crippen LogP contribution in [0, 0.1) is 0 Å². The summed E-state index contributed by atoms with van der Waals surface area (Å²) < 4.78 is 10.8. The van der Waals surface area contributed by atoms with E-state index in [0.717, 1.165) is 12.8 Å². The quantitative estimate of drug-likeness (QED) is 0.663. The van der Waals surface area contributed by atoms with Gasteiger partial charge >= 0.3 is 0 Å². The van der Waals surface area contributed by atoms with Gasteiger partial charge in [0, 0.05) is 19.6 Å². The predicted octanol–water partition coefficient (Wildman–Crippen LogP) is -0.648. The topological polar surface area (TPSA) is 64.8 Å².